The molecule has 0 aromatic carbocycles. The SMILES string of the molecule is C[C@H](CNC(=O)CCS(=O)(=O)C1CCCC1)N1CCc2sccc2C1. The summed E-state index contributed by atoms with van der Waals surface area (Å²) in [5, 5.41) is 4.85. The van der Waals surface area contributed by atoms with E-state index < -0.39 is 9.84 Å². The summed E-state index contributed by atoms with van der Waals surface area (Å²) in [6.07, 6.45) is 4.68. The number of thiophene rings is 1. The average Bonchev–Trinajstić information content (AvgIpc) is 3.28. The van der Waals surface area contributed by atoms with Crippen molar-refractivity contribution in [3.63, 3.8) is 0 Å². The molecule has 7 heteroatoms. The molecule has 25 heavy (non-hydrogen) atoms. The Balaban J connectivity index is 1.40. The molecule has 0 unspecified atom stereocenters. The predicted molar refractivity (Wildman–Crippen MR) is 102 cm³/mol. The molecular formula is C18H28N2O3S2. The van der Waals surface area contributed by atoms with Crippen LogP contribution < -0.4 is 5.32 Å². The highest BCUT2D eigenvalue weighted by atomic mass is 32.2. The van der Waals surface area contributed by atoms with E-state index >= 15 is 0 Å². The van der Waals surface area contributed by atoms with Crippen LogP contribution in [0.25, 0.3) is 0 Å². The van der Waals surface area contributed by atoms with Crippen molar-refractivity contribution < 1.29 is 13.2 Å². The zero-order valence-electron chi connectivity index (χ0n) is 14.9. The summed E-state index contributed by atoms with van der Waals surface area (Å²) in [7, 11) is -3.11. The number of fused-ring (bicyclic) bond motifs is 1. The van der Waals surface area contributed by atoms with Crippen LogP contribution >= 0.6 is 11.3 Å². The molecule has 1 aromatic heterocycles. The second kappa shape index (κ2) is 8.18. The zero-order chi connectivity index (χ0) is 17.9. The molecule has 1 aliphatic carbocycles. The van der Waals surface area contributed by atoms with Gasteiger partial charge in [-0.25, -0.2) is 8.42 Å². The lowest BCUT2D eigenvalue weighted by molar-refractivity contribution is -0.120. The lowest BCUT2D eigenvalue weighted by Gasteiger charge is -2.32. The lowest BCUT2D eigenvalue weighted by atomic mass is 10.1. The van der Waals surface area contributed by atoms with Gasteiger partial charge in [-0.1, -0.05) is 12.8 Å². The van der Waals surface area contributed by atoms with Crippen molar-refractivity contribution >= 4 is 27.1 Å². The van der Waals surface area contributed by atoms with Gasteiger partial charge in [0, 0.05) is 37.0 Å². The van der Waals surface area contributed by atoms with Crippen LogP contribution in [0.4, 0.5) is 0 Å². The summed E-state index contributed by atoms with van der Waals surface area (Å²) in [5.74, 6) is -0.165. The largest absolute Gasteiger partial charge is 0.355 e. The van der Waals surface area contributed by atoms with Crippen molar-refractivity contribution in [2.75, 3.05) is 18.8 Å². The van der Waals surface area contributed by atoms with Crippen LogP contribution in [0.3, 0.4) is 0 Å². The number of hydrogen-bond donors (Lipinski definition) is 1. The van der Waals surface area contributed by atoms with E-state index in [0.29, 0.717) is 6.54 Å². The van der Waals surface area contributed by atoms with Gasteiger partial charge in [0.2, 0.25) is 5.91 Å². The first-order valence-electron chi connectivity index (χ1n) is 9.23. The zero-order valence-corrected chi connectivity index (χ0v) is 16.5. The number of amides is 1. The quantitative estimate of drug-likeness (QED) is 0.784. The lowest BCUT2D eigenvalue weighted by Crippen LogP contribution is -2.44. The van der Waals surface area contributed by atoms with Crippen molar-refractivity contribution in [2.45, 2.75) is 63.3 Å². The summed E-state index contributed by atoms with van der Waals surface area (Å²) < 4.78 is 24.5. The molecule has 0 bridgehead atoms. The third-order valence-electron chi connectivity index (χ3n) is 5.48. The summed E-state index contributed by atoms with van der Waals surface area (Å²) in [4.78, 5) is 15.9. The van der Waals surface area contributed by atoms with Crippen LogP contribution in [0.1, 0.15) is 49.5 Å². The molecule has 1 N–H and O–H groups in total. The molecule has 1 saturated carbocycles. The monoisotopic (exact) mass is 384 g/mol. The Morgan fingerprint density at radius 3 is 2.92 bits per heavy atom. The Bertz CT molecular complexity index is 693. The van der Waals surface area contributed by atoms with E-state index in [1.165, 1.54) is 10.4 Å². The maximum atomic E-state index is 12.2. The Kier molecular flexibility index (Phi) is 6.17. The molecule has 140 valence electrons. The van der Waals surface area contributed by atoms with Crippen LogP contribution in [0.15, 0.2) is 11.4 Å². The normalized spacial score (nSPS) is 20.4. The van der Waals surface area contributed by atoms with Gasteiger partial charge in [-0.2, -0.15) is 0 Å². The molecule has 1 amide bonds. The summed E-state index contributed by atoms with van der Waals surface area (Å²) in [6.45, 7) is 4.64. The Labute approximate surface area is 154 Å². The third-order valence-corrected chi connectivity index (χ3v) is 8.76. The molecule has 1 atom stereocenters. The molecule has 2 heterocycles. The summed E-state index contributed by atoms with van der Waals surface area (Å²) >= 11 is 1.82. The van der Waals surface area contributed by atoms with Gasteiger partial charge in [0.1, 0.15) is 0 Å². The highest BCUT2D eigenvalue weighted by Gasteiger charge is 2.29. The van der Waals surface area contributed by atoms with Gasteiger partial charge < -0.3 is 5.32 Å². The van der Waals surface area contributed by atoms with Gasteiger partial charge >= 0.3 is 0 Å². The highest BCUT2D eigenvalue weighted by molar-refractivity contribution is 7.92. The number of carbonyl (C=O) groups excluding carboxylic acids is 1. The number of hydrogen-bond acceptors (Lipinski definition) is 5. The molecule has 0 radical (unpaired) electrons. The highest BCUT2D eigenvalue weighted by Crippen LogP contribution is 2.26. The van der Waals surface area contributed by atoms with Gasteiger partial charge in [-0.05, 0) is 43.2 Å². The van der Waals surface area contributed by atoms with Crippen LogP contribution in [-0.4, -0.2) is 49.4 Å². The van der Waals surface area contributed by atoms with E-state index in [0.717, 1.165) is 45.2 Å². The van der Waals surface area contributed by atoms with Gasteiger partial charge in [0.05, 0.1) is 11.0 Å². The minimum Gasteiger partial charge on any atom is -0.355 e. The van der Waals surface area contributed by atoms with Crippen molar-refractivity contribution in [3.8, 4) is 0 Å². The smallest absolute Gasteiger partial charge is 0.221 e. The Morgan fingerprint density at radius 2 is 2.16 bits per heavy atom. The Morgan fingerprint density at radius 1 is 1.40 bits per heavy atom. The van der Waals surface area contributed by atoms with Crippen LogP contribution in [-0.2, 0) is 27.6 Å². The van der Waals surface area contributed by atoms with E-state index in [4.69, 9.17) is 0 Å². The van der Waals surface area contributed by atoms with Crippen LogP contribution in [0.2, 0.25) is 0 Å². The topological polar surface area (TPSA) is 66.5 Å². The van der Waals surface area contributed by atoms with E-state index in [-0.39, 0.29) is 29.4 Å². The Hall–Kier alpha value is -0.920. The fourth-order valence-corrected chi connectivity index (χ4v) is 6.52. The van der Waals surface area contributed by atoms with Gasteiger partial charge in [-0.15, -0.1) is 11.3 Å². The maximum absolute atomic E-state index is 12.2. The van der Waals surface area contributed by atoms with Crippen molar-refractivity contribution in [3.05, 3.63) is 21.9 Å². The molecule has 0 spiro atoms. The van der Waals surface area contributed by atoms with E-state index in [1.54, 1.807) is 0 Å². The molecule has 2 aliphatic rings. The van der Waals surface area contributed by atoms with Crippen LogP contribution in [0.5, 0.6) is 0 Å². The van der Waals surface area contributed by atoms with Crippen molar-refractivity contribution in [1.82, 2.24) is 10.2 Å². The van der Waals surface area contributed by atoms with E-state index in [2.05, 4.69) is 28.6 Å². The fourth-order valence-electron chi connectivity index (χ4n) is 3.77. The minimum atomic E-state index is -3.11. The van der Waals surface area contributed by atoms with E-state index in [1.807, 2.05) is 11.3 Å². The van der Waals surface area contributed by atoms with Gasteiger partial charge in [-0.3, -0.25) is 9.69 Å². The number of rotatable bonds is 7. The first-order chi connectivity index (χ1) is 12.0. The van der Waals surface area contributed by atoms with Gasteiger partial charge in [0.15, 0.2) is 9.84 Å². The molecule has 3 rings (SSSR count). The molecule has 1 fully saturated rings. The minimum absolute atomic E-state index is 0.0140. The fraction of sp³-hybridized carbons (Fsp3) is 0.722. The third kappa shape index (κ3) is 4.83. The maximum Gasteiger partial charge on any atom is 0.221 e. The summed E-state index contributed by atoms with van der Waals surface area (Å²) in [5.41, 5.74) is 1.40. The van der Waals surface area contributed by atoms with Crippen LogP contribution in [0, 0.1) is 0 Å². The number of nitrogens with zero attached hydrogens (tertiary/aromatic N) is 1. The second-order valence-electron chi connectivity index (χ2n) is 7.27. The standard InChI is InChI=1S/C18H28N2O3S2/c1-14(20-9-6-17-15(13-20)7-10-24-17)12-19-18(21)8-11-25(22,23)16-4-2-3-5-16/h7,10,14,16H,2-6,8-9,11-13H2,1H3,(H,19,21)/t14-/m1/s1. The van der Waals surface area contributed by atoms with E-state index in [9.17, 15) is 13.2 Å². The molecule has 1 aliphatic heterocycles. The molecular weight excluding hydrogens is 356 g/mol. The molecule has 1 aromatic rings. The second-order valence-corrected chi connectivity index (χ2v) is 10.7. The average molecular weight is 385 g/mol. The summed E-state index contributed by atoms with van der Waals surface area (Å²) in [6, 6.07) is 2.44. The predicted octanol–water partition coefficient (Wildman–Crippen LogP) is 2.36. The van der Waals surface area contributed by atoms with Gasteiger partial charge in [0.25, 0.3) is 0 Å². The first kappa shape index (κ1) is 18.9. The van der Waals surface area contributed by atoms with Crippen molar-refractivity contribution in [2.24, 2.45) is 0 Å². The number of sulfone groups is 1. The first-order valence-corrected chi connectivity index (χ1v) is 11.8. The molecule has 5 nitrogen and oxygen atoms in total. The molecule has 0 saturated heterocycles. The van der Waals surface area contributed by atoms with Crippen molar-refractivity contribution in [1.29, 1.82) is 0 Å². The number of nitrogens with one attached hydrogen (secondary N) is 1. The number of carbonyl (C=O) groups is 1.